The molecule has 1 amide bonds. The van der Waals surface area contributed by atoms with Gasteiger partial charge in [-0.05, 0) is 24.1 Å². The minimum absolute atomic E-state index is 0.00591. The van der Waals surface area contributed by atoms with Crippen molar-refractivity contribution < 1.29 is 13.2 Å². The normalized spacial score (nSPS) is 26.1. The van der Waals surface area contributed by atoms with Gasteiger partial charge in [0.1, 0.15) is 0 Å². The smallest absolute Gasteiger partial charge is 0.226 e. The summed E-state index contributed by atoms with van der Waals surface area (Å²) in [6, 6.07) is 3.93. The molecule has 0 aliphatic carbocycles. The number of rotatable bonds is 2. The molecular formula is C13H16N2O3S. The summed E-state index contributed by atoms with van der Waals surface area (Å²) in [5.41, 5.74) is 1.19. The third-order valence-electron chi connectivity index (χ3n) is 3.95. The fraction of sp³-hybridized carbons (Fsp3) is 0.538. The second kappa shape index (κ2) is 4.59. The van der Waals surface area contributed by atoms with E-state index in [0.717, 1.165) is 0 Å². The molecule has 0 aromatic carbocycles. The molecule has 2 saturated heterocycles. The Morgan fingerprint density at radius 3 is 2.53 bits per heavy atom. The molecule has 19 heavy (non-hydrogen) atoms. The van der Waals surface area contributed by atoms with E-state index in [1.165, 1.54) is 5.56 Å². The lowest BCUT2D eigenvalue weighted by Crippen LogP contribution is -2.50. The number of carbonyl (C=O) groups excluding carboxylic acids is 1. The molecule has 2 aliphatic heterocycles. The molecule has 0 bridgehead atoms. The van der Waals surface area contributed by atoms with E-state index in [4.69, 9.17) is 0 Å². The van der Waals surface area contributed by atoms with E-state index in [1.54, 1.807) is 17.3 Å². The van der Waals surface area contributed by atoms with Gasteiger partial charge in [-0.3, -0.25) is 9.78 Å². The zero-order valence-corrected chi connectivity index (χ0v) is 11.3. The molecule has 0 unspecified atom stereocenters. The lowest BCUT2D eigenvalue weighted by atomic mass is 9.91. The first kappa shape index (κ1) is 12.6. The van der Waals surface area contributed by atoms with Gasteiger partial charge in [0.25, 0.3) is 0 Å². The van der Waals surface area contributed by atoms with Crippen LogP contribution in [0.5, 0.6) is 0 Å². The maximum atomic E-state index is 12.1. The van der Waals surface area contributed by atoms with Crippen LogP contribution in [0.3, 0.4) is 0 Å². The van der Waals surface area contributed by atoms with E-state index in [9.17, 15) is 13.2 Å². The Hall–Kier alpha value is -1.43. The number of amides is 1. The number of aromatic nitrogens is 1. The summed E-state index contributed by atoms with van der Waals surface area (Å²) in [6.07, 6.45) is 3.99. The van der Waals surface area contributed by atoms with E-state index in [2.05, 4.69) is 4.98 Å². The number of carbonyl (C=O) groups is 1. The Labute approximate surface area is 112 Å². The van der Waals surface area contributed by atoms with E-state index in [-0.39, 0.29) is 23.3 Å². The standard InChI is InChI=1S/C13H16N2O3S/c16-13(11-3-6-19(17,18)9-11)15-7-12(8-15)10-1-4-14-5-2-10/h1-2,4-5,11-12H,3,6-9H2/t11-/m1/s1. The van der Waals surface area contributed by atoms with E-state index < -0.39 is 9.84 Å². The van der Waals surface area contributed by atoms with Crippen LogP contribution in [-0.2, 0) is 14.6 Å². The number of hydrogen-bond donors (Lipinski definition) is 0. The van der Waals surface area contributed by atoms with E-state index >= 15 is 0 Å². The quantitative estimate of drug-likeness (QED) is 0.788. The zero-order valence-electron chi connectivity index (χ0n) is 10.5. The van der Waals surface area contributed by atoms with Crippen molar-refractivity contribution in [2.24, 2.45) is 5.92 Å². The van der Waals surface area contributed by atoms with Crippen LogP contribution < -0.4 is 0 Å². The van der Waals surface area contributed by atoms with Gasteiger partial charge >= 0.3 is 0 Å². The van der Waals surface area contributed by atoms with Crippen LogP contribution >= 0.6 is 0 Å². The minimum Gasteiger partial charge on any atom is -0.341 e. The second-order valence-corrected chi connectivity index (χ2v) is 7.55. The van der Waals surface area contributed by atoms with Crippen molar-refractivity contribution in [2.45, 2.75) is 12.3 Å². The van der Waals surface area contributed by atoms with Crippen molar-refractivity contribution >= 4 is 15.7 Å². The predicted molar refractivity (Wildman–Crippen MR) is 70.3 cm³/mol. The Morgan fingerprint density at radius 2 is 1.95 bits per heavy atom. The van der Waals surface area contributed by atoms with Gasteiger partial charge in [0.05, 0.1) is 17.4 Å². The van der Waals surface area contributed by atoms with Gasteiger partial charge in [-0.25, -0.2) is 8.42 Å². The number of likely N-dealkylation sites (tertiary alicyclic amines) is 1. The summed E-state index contributed by atoms with van der Waals surface area (Å²) in [7, 11) is -2.98. The lowest BCUT2D eigenvalue weighted by Gasteiger charge is -2.40. The van der Waals surface area contributed by atoms with E-state index in [1.807, 2.05) is 12.1 Å². The molecule has 102 valence electrons. The first-order chi connectivity index (χ1) is 9.05. The van der Waals surface area contributed by atoms with Gasteiger partial charge in [-0.15, -0.1) is 0 Å². The summed E-state index contributed by atoms with van der Waals surface area (Å²) in [5, 5.41) is 0. The fourth-order valence-corrected chi connectivity index (χ4v) is 4.49. The van der Waals surface area contributed by atoms with Crippen LogP contribution in [0.15, 0.2) is 24.5 Å². The molecule has 1 aromatic rings. The summed E-state index contributed by atoms with van der Waals surface area (Å²) in [4.78, 5) is 17.9. The van der Waals surface area contributed by atoms with Gasteiger partial charge in [0.15, 0.2) is 9.84 Å². The molecule has 3 heterocycles. The second-order valence-electron chi connectivity index (χ2n) is 5.32. The highest BCUT2D eigenvalue weighted by atomic mass is 32.2. The van der Waals surface area contributed by atoms with Crippen molar-refractivity contribution in [2.75, 3.05) is 24.6 Å². The SMILES string of the molecule is O=C([C@@H]1CCS(=O)(=O)C1)N1CC(c2ccncc2)C1. The van der Waals surface area contributed by atoms with Crippen LogP contribution in [0.25, 0.3) is 0 Å². The Balaban J connectivity index is 1.58. The Bertz CT molecular complexity index is 579. The molecular weight excluding hydrogens is 264 g/mol. The summed E-state index contributed by atoms with van der Waals surface area (Å²) in [5.74, 6) is 0.243. The van der Waals surface area contributed by atoms with Gasteiger partial charge in [-0.1, -0.05) is 0 Å². The molecule has 1 atom stereocenters. The topological polar surface area (TPSA) is 67.3 Å². The minimum atomic E-state index is -2.98. The highest BCUT2D eigenvalue weighted by molar-refractivity contribution is 7.91. The van der Waals surface area contributed by atoms with Crippen molar-refractivity contribution in [1.29, 1.82) is 0 Å². The average molecular weight is 280 g/mol. The Morgan fingerprint density at radius 1 is 1.26 bits per heavy atom. The first-order valence-corrected chi connectivity index (χ1v) is 8.26. The molecule has 0 radical (unpaired) electrons. The summed E-state index contributed by atoms with van der Waals surface area (Å²) < 4.78 is 22.8. The molecule has 6 heteroatoms. The van der Waals surface area contributed by atoms with Crippen molar-refractivity contribution in [1.82, 2.24) is 9.88 Å². The number of sulfone groups is 1. The summed E-state index contributed by atoms with van der Waals surface area (Å²) >= 11 is 0. The van der Waals surface area contributed by atoms with Crippen LogP contribution in [0.2, 0.25) is 0 Å². The third-order valence-corrected chi connectivity index (χ3v) is 5.72. The average Bonchev–Trinajstić information content (AvgIpc) is 2.69. The van der Waals surface area contributed by atoms with E-state index in [0.29, 0.717) is 25.4 Å². The van der Waals surface area contributed by atoms with Gasteiger partial charge < -0.3 is 4.90 Å². The zero-order chi connectivity index (χ0) is 13.5. The fourth-order valence-electron chi connectivity index (χ4n) is 2.75. The Kier molecular flexibility index (Phi) is 3.05. The van der Waals surface area contributed by atoms with Crippen LogP contribution in [-0.4, -0.2) is 48.8 Å². The highest BCUT2D eigenvalue weighted by Gasteiger charge is 2.39. The molecule has 5 nitrogen and oxygen atoms in total. The molecule has 2 aliphatic rings. The monoisotopic (exact) mass is 280 g/mol. The lowest BCUT2D eigenvalue weighted by molar-refractivity contribution is -0.139. The van der Waals surface area contributed by atoms with Crippen LogP contribution in [0.1, 0.15) is 17.9 Å². The van der Waals surface area contributed by atoms with Crippen LogP contribution in [0, 0.1) is 5.92 Å². The predicted octanol–water partition coefficient (Wildman–Crippen LogP) is 0.442. The van der Waals surface area contributed by atoms with Crippen molar-refractivity contribution in [3.05, 3.63) is 30.1 Å². The number of pyridine rings is 1. The first-order valence-electron chi connectivity index (χ1n) is 6.44. The largest absolute Gasteiger partial charge is 0.341 e. The maximum absolute atomic E-state index is 12.1. The maximum Gasteiger partial charge on any atom is 0.226 e. The molecule has 0 N–H and O–H groups in total. The summed E-state index contributed by atoms with van der Waals surface area (Å²) in [6.45, 7) is 1.39. The van der Waals surface area contributed by atoms with Gasteiger partial charge in [-0.2, -0.15) is 0 Å². The van der Waals surface area contributed by atoms with Crippen molar-refractivity contribution in [3.63, 3.8) is 0 Å². The third kappa shape index (κ3) is 2.49. The number of hydrogen-bond acceptors (Lipinski definition) is 4. The molecule has 0 spiro atoms. The van der Waals surface area contributed by atoms with Crippen molar-refractivity contribution in [3.8, 4) is 0 Å². The molecule has 1 aromatic heterocycles. The van der Waals surface area contributed by atoms with Gasteiger partial charge in [0.2, 0.25) is 5.91 Å². The highest BCUT2D eigenvalue weighted by Crippen LogP contribution is 2.30. The molecule has 2 fully saturated rings. The molecule has 3 rings (SSSR count). The molecule has 0 saturated carbocycles. The number of nitrogens with zero attached hydrogens (tertiary/aromatic N) is 2. The van der Waals surface area contributed by atoms with Crippen LogP contribution in [0.4, 0.5) is 0 Å². The van der Waals surface area contributed by atoms with Gasteiger partial charge in [0, 0.05) is 31.4 Å².